The molecule has 0 saturated carbocycles. The van der Waals surface area contributed by atoms with Crippen molar-refractivity contribution in [3.8, 4) is 5.75 Å². The summed E-state index contributed by atoms with van der Waals surface area (Å²) >= 11 is 3.50. The molecule has 0 amide bonds. The lowest BCUT2D eigenvalue weighted by Gasteiger charge is -2.23. The maximum atomic E-state index is 5.89. The molecule has 0 aliphatic carbocycles. The van der Waals surface area contributed by atoms with Gasteiger partial charge in [0.15, 0.2) is 0 Å². The van der Waals surface area contributed by atoms with E-state index in [1.807, 2.05) is 12.1 Å². The molecule has 0 saturated heterocycles. The SMILES string of the molecule is CCNCc1cc(Br)ccc1OCCC(C)(C)OC. The average Bonchev–Trinajstić information content (AvgIpc) is 2.38. The molecule has 3 nitrogen and oxygen atoms in total. The number of nitrogens with one attached hydrogen (secondary N) is 1. The van der Waals surface area contributed by atoms with E-state index in [1.54, 1.807) is 7.11 Å². The number of ether oxygens (including phenoxy) is 2. The number of methoxy groups -OCH3 is 1. The first-order chi connectivity index (χ1) is 8.98. The minimum atomic E-state index is -0.142. The molecular formula is C15H24BrNO2. The quantitative estimate of drug-likeness (QED) is 0.787. The number of rotatable bonds is 8. The van der Waals surface area contributed by atoms with Gasteiger partial charge in [0, 0.05) is 30.1 Å². The van der Waals surface area contributed by atoms with Gasteiger partial charge in [-0.3, -0.25) is 0 Å². The Morgan fingerprint density at radius 3 is 2.68 bits per heavy atom. The lowest BCUT2D eigenvalue weighted by Crippen LogP contribution is -2.25. The molecule has 1 N–H and O–H groups in total. The van der Waals surface area contributed by atoms with Crippen molar-refractivity contribution in [3.05, 3.63) is 28.2 Å². The van der Waals surface area contributed by atoms with Gasteiger partial charge in [-0.15, -0.1) is 0 Å². The van der Waals surface area contributed by atoms with E-state index in [0.29, 0.717) is 6.61 Å². The third kappa shape index (κ3) is 5.93. The van der Waals surface area contributed by atoms with Crippen LogP contribution in [-0.4, -0.2) is 25.9 Å². The van der Waals surface area contributed by atoms with Crippen molar-refractivity contribution in [2.45, 2.75) is 39.3 Å². The van der Waals surface area contributed by atoms with Crippen LogP contribution >= 0.6 is 15.9 Å². The molecule has 0 bridgehead atoms. The lowest BCUT2D eigenvalue weighted by molar-refractivity contribution is 0.00537. The Kier molecular flexibility index (Phi) is 6.83. The van der Waals surface area contributed by atoms with Gasteiger partial charge in [-0.25, -0.2) is 0 Å². The molecule has 0 fully saturated rings. The van der Waals surface area contributed by atoms with Gasteiger partial charge in [0.25, 0.3) is 0 Å². The van der Waals surface area contributed by atoms with Crippen molar-refractivity contribution in [2.75, 3.05) is 20.3 Å². The van der Waals surface area contributed by atoms with Gasteiger partial charge in [-0.1, -0.05) is 22.9 Å². The van der Waals surface area contributed by atoms with Gasteiger partial charge in [0.1, 0.15) is 5.75 Å². The van der Waals surface area contributed by atoms with Crippen LogP contribution in [0.25, 0.3) is 0 Å². The van der Waals surface area contributed by atoms with E-state index in [4.69, 9.17) is 9.47 Å². The summed E-state index contributed by atoms with van der Waals surface area (Å²) in [6.07, 6.45) is 0.861. The Morgan fingerprint density at radius 1 is 1.32 bits per heavy atom. The second-order valence-corrected chi connectivity index (χ2v) is 6.01. The Hall–Kier alpha value is -0.580. The van der Waals surface area contributed by atoms with Crippen molar-refractivity contribution in [1.82, 2.24) is 5.32 Å². The fourth-order valence-electron chi connectivity index (χ4n) is 1.60. The summed E-state index contributed by atoms with van der Waals surface area (Å²) < 4.78 is 12.4. The number of hydrogen-bond donors (Lipinski definition) is 1. The minimum Gasteiger partial charge on any atom is -0.493 e. The molecule has 0 radical (unpaired) electrons. The van der Waals surface area contributed by atoms with Crippen LogP contribution < -0.4 is 10.1 Å². The standard InChI is InChI=1S/C15H24BrNO2/c1-5-17-11-12-10-13(16)6-7-14(12)19-9-8-15(2,3)18-4/h6-7,10,17H,5,8-9,11H2,1-4H3. The summed E-state index contributed by atoms with van der Waals surface area (Å²) in [5.41, 5.74) is 1.03. The highest BCUT2D eigenvalue weighted by Crippen LogP contribution is 2.24. The molecule has 19 heavy (non-hydrogen) atoms. The van der Waals surface area contributed by atoms with Gasteiger partial charge in [0.2, 0.25) is 0 Å². The van der Waals surface area contributed by atoms with Crippen molar-refractivity contribution in [2.24, 2.45) is 0 Å². The van der Waals surface area contributed by atoms with Crippen LogP contribution in [0.4, 0.5) is 0 Å². The summed E-state index contributed by atoms with van der Waals surface area (Å²) in [4.78, 5) is 0. The maximum absolute atomic E-state index is 5.89. The molecule has 1 aromatic rings. The Balaban J connectivity index is 2.61. The molecule has 0 spiro atoms. The maximum Gasteiger partial charge on any atom is 0.123 e. The Labute approximate surface area is 124 Å². The van der Waals surface area contributed by atoms with Crippen molar-refractivity contribution in [1.29, 1.82) is 0 Å². The normalized spacial score (nSPS) is 11.6. The highest BCUT2D eigenvalue weighted by molar-refractivity contribution is 9.10. The van der Waals surface area contributed by atoms with E-state index in [0.717, 1.165) is 29.7 Å². The second kappa shape index (κ2) is 7.88. The first-order valence-corrected chi connectivity index (χ1v) is 7.45. The monoisotopic (exact) mass is 329 g/mol. The first kappa shape index (κ1) is 16.5. The number of benzene rings is 1. The zero-order valence-corrected chi connectivity index (χ0v) is 13.8. The van der Waals surface area contributed by atoms with E-state index < -0.39 is 0 Å². The highest BCUT2D eigenvalue weighted by Gasteiger charge is 2.16. The number of hydrogen-bond acceptors (Lipinski definition) is 3. The largest absolute Gasteiger partial charge is 0.493 e. The van der Waals surface area contributed by atoms with Gasteiger partial charge in [-0.05, 0) is 38.6 Å². The fourth-order valence-corrected chi connectivity index (χ4v) is 2.00. The summed E-state index contributed by atoms with van der Waals surface area (Å²) in [5, 5.41) is 3.32. The predicted octanol–water partition coefficient (Wildman–Crippen LogP) is 3.75. The fraction of sp³-hybridized carbons (Fsp3) is 0.600. The molecular weight excluding hydrogens is 306 g/mol. The zero-order chi connectivity index (χ0) is 14.3. The minimum absolute atomic E-state index is 0.142. The number of halogens is 1. The molecule has 0 atom stereocenters. The lowest BCUT2D eigenvalue weighted by atomic mass is 10.1. The Bertz CT molecular complexity index is 394. The van der Waals surface area contributed by atoms with E-state index in [1.165, 1.54) is 5.56 Å². The molecule has 108 valence electrons. The van der Waals surface area contributed by atoms with Crippen LogP contribution in [0, 0.1) is 0 Å². The van der Waals surface area contributed by atoms with Crippen LogP contribution in [0.3, 0.4) is 0 Å². The molecule has 1 aromatic carbocycles. The second-order valence-electron chi connectivity index (χ2n) is 5.09. The van der Waals surface area contributed by atoms with Crippen molar-refractivity contribution >= 4 is 15.9 Å². The van der Waals surface area contributed by atoms with E-state index in [2.05, 4.69) is 48.1 Å². The van der Waals surface area contributed by atoms with Crippen molar-refractivity contribution in [3.63, 3.8) is 0 Å². The van der Waals surface area contributed by atoms with E-state index in [-0.39, 0.29) is 5.60 Å². The van der Waals surface area contributed by atoms with Crippen LogP contribution in [0.1, 0.15) is 32.8 Å². The molecule has 0 aromatic heterocycles. The smallest absolute Gasteiger partial charge is 0.123 e. The van der Waals surface area contributed by atoms with Crippen LogP contribution in [0.2, 0.25) is 0 Å². The van der Waals surface area contributed by atoms with Gasteiger partial charge >= 0.3 is 0 Å². The molecule has 0 aliphatic rings. The average molecular weight is 330 g/mol. The van der Waals surface area contributed by atoms with Gasteiger partial charge in [0.05, 0.1) is 12.2 Å². The molecule has 0 aliphatic heterocycles. The van der Waals surface area contributed by atoms with Gasteiger partial charge in [-0.2, -0.15) is 0 Å². The van der Waals surface area contributed by atoms with Crippen LogP contribution in [0.15, 0.2) is 22.7 Å². The summed E-state index contributed by atoms with van der Waals surface area (Å²) in [7, 11) is 1.73. The third-order valence-corrected chi connectivity index (χ3v) is 3.60. The van der Waals surface area contributed by atoms with Gasteiger partial charge < -0.3 is 14.8 Å². The summed E-state index contributed by atoms with van der Waals surface area (Å²) in [5.74, 6) is 0.941. The predicted molar refractivity (Wildman–Crippen MR) is 82.7 cm³/mol. The van der Waals surface area contributed by atoms with E-state index >= 15 is 0 Å². The summed E-state index contributed by atoms with van der Waals surface area (Å²) in [6.45, 7) is 8.65. The van der Waals surface area contributed by atoms with E-state index in [9.17, 15) is 0 Å². The van der Waals surface area contributed by atoms with Crippen LogP contribution in [0.5, 0.6) is 5.75 Å². The zero-order valence-electron chi connectivity index (χ0n) is 12.3. The molecule has 1 rings (SSSR count). The first-order valence-electron chi connectivity index (χ1n) is 6.65. The molecule has 0 heterocycles. The molecule has 0 unspecified atom stereocenters. The van der Waals surface area contributed by atoms with Crippen LogP contribution in [-0.2, 0) is 11.3 Å². The summed E-state index contributed by atoms with van der Waals surface area (Å²) in [6, 6.07) is 6.11. The Morgan fingerprint density at radius 2 is 2.05 bits per heavy atom. The topological polar surface area (TPSA) is 30.5 Å². The van der Waals surface area contributed by atoms with Crippen molar-refractivity contribution < 1.29 is 9.47 Å². The highest BCUT2D eigenvalue weighted by atomic mass is 79.9. The third-order valence-electron chi connectivity index (χ3n) is 3.10. The molecule has 4 heteroatoms.